The van der Waals surface area contributed by atoms with Crippen molar-refractivity contribution in [3.63, 3.8) is 0 Å². The van der Waals surface area contributed by atoms with E-state index in [0.29, 0.717) is 23.7 Å². The van der Waals surface area contributed by atoms with Crippen molar-refractivity contribution >= 4 is 0 Å². The van der Waals surface area contributed by atoms with Crippen molar-refractivity contribution in [3.8, 4) is 17.4 Å². The van der Waals surface area contributed by atoms with Gasteiger partial charge >= 0.3 is 0 Å². The number of pyridine rings is 1. The molecule has 2 aromatic heterocycles. The first-order valence-corrected chi connectivity index (χ1v) is 10.6. The summed E-state index contributed by atoms with van der Waals surface area (Å²) in [6, 6.07) is 8.98. The topological polar surface area (TPSA) is 96.5 Å². The number of morpholine rings is 1. The largest absolute Gasteiger partial charge is 0.508 e. The number of phenols is 1. The quantitative estimate of drug-likeness (QED) is 0.516. The molecule has 160 valence electrons. The molecule has 31 heavy (non-hydrogen) atoms. The van der Waals surface area contributed by atoms with Crippen LogP contribution in [0, 0.1) is 5.41 Å². The van der Waals surface area contributed by atoms with Gasteiger partial charge in [-0.05, 0) is 24.1 Å². The van der Waals surface area contributed by atoms with E-state index >= 15 is 0 Å². The number of phenolic OH excluding ortho intramolecular Hbond substituents is 1. The van der Waals surface area contributed by atoms with Gasteiger partial charge in [0.2, 0.25) is 5.88 Å². The second-order valence-electron chi connectivity index (χ2n) is 7.86. The maximum Gasteiger partial charge on any atom is 0.228 e. The fourth-order valence-electron chi connectivity index (χ4n) is 4.31. The molecule has 3 aromatic rings. The highest BCUT2D eigenvalue weighted by atomic mass is 16.5. The minimum absolute atomic E-state index is 0.132. The molecule has 2 aliphatic rings. The third-order valence-corrected chi connectivity index (χ3v) is 5.89. The Bertz CT molecular complexity index is 1130. The van der Waals surface area contributed by atoms with Crippen LogP contribution >= 0.6 is 0 Å². The van der Waals surface area contributed by atoms with Crippen molar-refractivity contribution in [1.82, 2.24) is 19.4 Å². The van der Waals surface area contributed by atoms with Gasteiger partial charge in [-0.25, -0.2) is 4.98 Å². The Morgan fingerprint density at radius 1 is 1.16 bits per heavy atom. The molecule has 1 saturated heterocycles. The van der Waals surface area contributed by atoms with Gasteiger partial charge in [-0.1, -0.05) is 12.1 Å². The minimum Gasteiger partial charge on any atom is -0.508 e. The predicted octanol–water partition coefficient (Wildman–Crippen LogP) is 2.47. The molecule has 1 atom stereocenters. The molecule has 2 aliphatic heterocycles. The Labute approximate surface area is 180 Å². The summed E-state index contributed by atoms with van der Waals surface area (Å²) in [5, 5.41) is 18.9. The van der Waals surface area contributed by atoms with E-state index in [1.54, 1.807) is 24.7 Å². The average Bonchev–Trinajstić information content (AvgIpc) is 2.80. The van der Waals surface area contributed by atoms with Crippen molar-refractivity contribution in [2.75, 3.05) is 32.8 Å². The molecule has 8 heteroatoms. The summed E-state index contributed by atoms with van der Waals surface area (Å²) in [5.41, 5.74) is 2.96. The maximum absolute atomic E-state index is 9.93. The van der Waals surface area contributed by atoms with Crippen molar-refractivity contribution in [1.29, 1.82) is 5.41 Å². The molecular formula is C23H25N5O3. The molecular weight excluding hydrogens is 394 g/mol. The van der Waals surface area contributed by atoms with Crippen molar-refractivity contribution in [2.45, 2.75) is 18.9 Å². The third-order valence-electron chi connectivity index (χ3n) is 5.89. The van der Waals surface area contributed by atoms with Gasteiger partial charge in [-0.3, -0.25) is 15.3 Å². The molecule has 0 spiro atoms. The number of aromatic hydroxyl groups is 1. The van der Waals surface area contributed by atoms with E-state index in [1.165, 1.54) is 0 Å². The molecule has 1 unspecified atom stereocenters. The number of nitrogens with one attached hydrogen (secondary N) is 1. The lowest BCUT2D eigenvalue weighted by Crippen LogP contribution is -2.37. The molecule has 2 N–H and O–H groups in total. The van der Waals surface area contributed by atoms with Crippen molar-refractivity contribution in [3.05, 3.63) is 71.2 Å². The van der Waals surface area contributed by atoms with Gasteiger partial charge < -0.3 is 19.1 Å². The van der Waals surface area contributed by atoms with Crippen LogP contribution in [0.25, 0.3) is 0 Å². The van der Waals surface area contributed by atoms with Gasteiger partial charge in [0, 0.05) is 56.1 Å². The number of rotatable bonds is 5. The minimum atomic E-state index is -0.236. The van der Waals surface area contributed by atoms with Crippen LogP contribution in [0.2, 0.25) is 0 Å². The van der Waals surface area contributed by atoms with Gasteiger partial charge in [0.15, 0.2) is 0 Å². The number of fused-ring (bicyclic) bond motifs is 2. The van der Waals surface area contributed by atoms with E-state index in [2.05, 4.69) is 14.9 Å². The normalized spacial score (nSPS) is 18.1. The van der Waals surface area contributed by atoms with Gasteiger partial charge in [0.25, 0.3) is 0 Å². The van der Waals surface area contributed by atoms with Gasteiger partial charge in [-0.2, -0.15) is 0 Å². The average molecular weight is 419 g/mol. The fourth-order valence-corrected chi connectivity index (χ4v) is 4.31. The van der Waals surface area contributed by atoms with Gasteiger partial charge in [-0.15, -0.1) is 0 Å². The van der Waals surface area contributed by atoms with Gasteiger partial charge in [0.1, 0.15) is 23.3 Å². The first kappa shape index (κ1) is 19.7. The number of benzene rings is 1. The second-order valence-corrected chi connectivity index (χ2v) is 7.86. The summed E-state index contributed by atoms with van der Waals surface area (Å²) in [6.07, 6.45) is 6.15. The van der Waals surface area contributed by atoms with Crippen LogP contribution < -0.4 is 10.2 Å². The smallest absolute Gasteiger partial charge is 0.228 e. The van der Waals surface area contributed by atoms with E-state index in [4.69, 9.17) is 14.9 Å². The zero-order valence-corrected chi connectivity index (χ0v) is 17.2. The standard InChI is InChI=1S/C23H25N5O3/c24-22-21-20(16-3-1-6-25-14-16)18-5-4-17(29)13-19(18)31-23(21)26-15-28(22)8-2-7-27-9-11-30-12-10-27/h1,3-6,13-15,20,24,29H,2,7-12H2. The highest BCUT2D eigenvalue weighted by Gasteiger charge is 2.32. The van der Waals surface area contributed by atoms with E-state index in [-0.39, 0.29) is 11.7 Å². The third kappa shape index (κ3) is 3.92. The Hall–Kier alpha value is -3.23. The molecule has 0 radical (unpaired) electrons. The first-order chi connectivity index (χ1) is 15.2. The summed E-state index contributed by atoms with van der Waals surface area (Å²) in [4.78, 5) is 11.2. The predicted molar refractivity (Wildman–Crippen MR) is 113 cm³/mol. The van der Waals surface area contributed by atoms with E-state index in [1.807, 2.05) is 29.0 Å². The highest BCUT2D eigenvalue weighted by Crippen LogP contribution is 2.45. The maximum atomic E-state index is 9.93. The zero-order chi connectivity index (χ0) is 21.2. The zero-order valence-electron chi connectivity index (χ0n) is 17.2. The Morgan fingerprint density at radius 2 is 2.03 bits per heavy atom. The van der Waals surface area contributed by atoms with Crippen LogP contribution in [0.4, 0.5) is 0 Å². The van der Waals surface area contributed by atoms with Crippen LogP contribution in [0.1, 0.15) is 29.0 Å². The molecule has 1 aromatic carbocycles. The van der Waals surface area contributed by atoms with Crippen LogP contribution in [0.3, 0.4) is 0 Å². The van der Waals surface area contributed by atoms with E-state index < -0.39 is 0 Å². The monoisotopic (exact) mass is 419 g/mol. The molecule has 8 nitrogen and oxygen atoms in total. The summed E-state index contributed by atoms with van der Waals surface area (Å²) >= 11 is 0. The first-order valence-electron chi connectivity index (χ1n) is 10.6. The lowest BCUT2D eigenvalue weighted by atomic mass is 9.84. The fraction of sp³-hybridized carbons (Fsp3) is 0.348. The number of aromatic nitrogens is 3. The van der Waals surface area contributed by atoms with Crippen LogP contribution in [0.5, 0.6) is 17.4 Å². The highest BCUT2D eigenvalue weighted by molar-refractivity contribution is 5.56. The molecule has 0 bridgehead atoms. The summed E-state index contributed by atoms with van der Waals surface area (Å²) in [5.74, 6) is 0.854. The van der Waals surface area contributed by atoms with Crippen LogP contribution in [-0.4, -0.2) is 57.4 Å². The lowest BCUT2D eigenvalue weighted by Gasteiger charge is -2.29. The summed E-state index contributed by atoms with van der Waals surface area (Å²) in [6.45, 7) is 5.17. The number of hydrogen-bond donors (Lipinski definition) is 2. The summed E-state index contributed by atoms with van der Waals surface area (Å²) < 4.78 is 13.3. The van der Waals surface area contributed by atoms with E-state index in [9.17, 15) is 5.11 Å². The second kappa shape index (κ2) is 8.49. The van der Waals surface area contributed by atoms with Crippen molar-refractivity contribution in [2.24, 2.45) is 0 Å². The summed E-state index contributed by atoms with van der Waals surface area (Å²) in [7, 11) is 0. The van der Waals surface area contributed by atoms with Gasteiger partial charge in [0.05, 0.1) is 18.8 Å². The molecule has 4 heterocycles. The van der Waals surface area contributed by atoms with Crippen LogP contribution in [0.15, 0.2) is 49.1 Å². The Kier molecular flexibility index (Phi) is 5.40. The van der Waals surface area contributed by atoms with E-state index in [0.717, 1.165) is 56.0 Å². The Morgan fingerprint density at radius 3 is 2.84 bits per heavy atom. The van der Waals surface area contributed by atoms with Crippen LogP contribution in [-0.2, 0) is 11.3 Å². The number of hydrogen-bond acceptors (Lipinski definition) is 7. The lowest BCUT2D eigenvalue weighted by molar-refractivity contribution is 0.0369. The van der Waals surface area contributed by atoms with Crippen molar-refractivity contribution < 1.29 is 14.6 Å². The SMILES string of the molecule is N=c1c2c(ncn1CCCN1CCOCC1)Oc1cc(O)ccc1C2c1cccnc1. The Balaban J connectivity index is 1.48. The number of aryl methyl sites for hydroxylation is 1. The molecule has 5 rings (SSSR count). The molecule has 0 amide bonds. The molecule has 0 aliphatic carbocycles. The molecule has 0 saturated carbocycles. The number of nitrogens with zero attached hydrogens (tertiary/aromatic N) is 4. The number of ether oxygens (including phenoxy) is 2. The molecule has 1 fully saturated rings.